The van der Waals surface area contributed by atoms with Crippen molar-refractivity contribution in [1.82, 2.24) is 0 Å². The molecule has 0 atom stereocenters. The number of ketones is 1. The van der Waals surface area contributed by atoms with Crippen molar-refractivity contribution in [3.63, 3.8) is 0 Å². The Morgan fingerprint density at radius 1 is 0.909 bits per heavy atom. The van der Waals surface area contributed by atoms with Gasteiger partial charge >= 0.3 is 0 Å². The summed E-state index contributed by atoms with van der Waals surface area (Å²) in [5.41, 5.74) is 1.26. The third-order valence-corrected chi connectivity index (χ3v) is 3.85. The summed E-state index contributed by atoms with van der Waals surface area (Å²) in [5.74, 6) is -0.109. The summed E-state index contributed by atoms with van der Waals surface area (Å²) in [6.45, 7) is 0. The third kappa shape index (κ3) is 4.86. The molecule has 2 aromatic carbocycles. The predicted octanol–water partition coefficient (Wildman–Crippen LogP) is 4.99. The molecule has 0 aliphatic heterocycles. The van der Waals surface area contributed by atoms with Crippen LogP contribution < -0.4 is 5.32 Å². The van der Waals surface area contributed by atoms with E-state index < -0.39 is 0 Å². The molecule has 3 nitrogen and oxygen atoms in total. The van der Waals surface area contributed by atoms with Gasteiger partial charge in [-0.15, -0.1) is 0 Å². The largest absolute Gasteiger partial charge is 0.326 e. The van der Waals surface area contributed by atoms with Crippen LogP contribution in [0, 0.1) is 0 Å². The van der Waals surface area contributed by atoms with Crippen molar-refractivity contribution in [3.8, 4) is 0 Å². The SMILES string of the molecule is O=C(CCCC(=O)c1ccccc1)Nc1ccc(Cl)c(Cl)c1. The van der Waals surface area contributed by atoms with Crippen molar-refractivity contribution in [2.45, 2.75) is 19.3 Å². The van der Waals surface area contributed by atoms with E-state index in [2.05, 4.69) is 5.32 Å². The molecular formula is C17H15Cl2NO2. The molecule has 1 amide bonds. The first-order chi connectivity index (χ1) is 10.6. The second-order valence-electron chi connectivity index (χ2n) is 4.82. The summed E-state index contributed by atoms with van der Waals surface area (Å²) < 4.78 is 0. The van der Waals surface area contributed by atoms with Gasteiger partial charge in [0.2, 0.25) is 5.91 Å². The van der Waals surface area contributed by atoms with Gasteiger partial charge in [0.05, 0.1) is 10.0 Å². The van der Waals surface area contributed by atoms with E-state index in [0.29, 0.717) is 34.1 Å². The van der Waals surface area contributed by atoms with Gasteiger partial charge in [-0.3, -0.25) is 9.59 Å². The highest BCUT2D eigenvalue weighted by molar-refractivity contribution is 6.42. The number of benzene rings is 2. The molecule has 0 aliphatic rings. The second-order valence-corrected chi connectivity index (χ2v) is 5.63. The Morgan fingerprint density at radius 2 is 1.64 bits per heavy atom. The lowest BCUT2D eigenvalue weighted by atomic mass is 10.1. The van der Waals surface area contributed by atoms with Crippen molar-refractivity contribution in [2.24, 2.45) is 0 Å². The molecule has 0 saturated heterocycles. The first kappa shape index (κ1) is 16.5. The van der Waals surface area contributed by atoms with Crippen molar-refractivity contribution in [2.75, 3.05) is 5.32 Å². The van der Waals surface area contributed by atoms with Crippen LogP contribution in [-0.2, 0) is 4.79 Å². The van der Waals surface area contributed by atoms with Gasteiger partial charge in [0, 0.05) is 24.1 Å². The summed E-state index contributed by atoms with van der Waals surface area (Å²) in [6, 6.07) is 14.0. The van der Waals surface area contributed by atoms with E-state index >= 15 is 0 Å². The Morgan fingerprint density at radius 3 is 2.32 bits per heavy atom. The van der Waals surface area contributed by atoms with Crippen LogP contribution in [-0.4, -0.2) is 11.7 Å². The fourth-order valence-corrected chi connectivity index (χ4v) is 2.27. The maximum absolute atomic E-state index is 11.9. The lowest BCUT2D eigenvalue weighted by molar-refractivity contribution is -0.116. The Labute approximate surface area is 139 Å². The Balaban J connectivity index is 1.78. The summed E-state index contributed by atoms with van der Waals surface area (Å²) in [4.78, 5) is 23.7. The number of carbonyl (C=O) groups is 2. The van der Waals surface area contributed by atoms with Gasteiger partial charge in [-0.1, -0.05) is 53.5 Å². The quantitative estimate of drug-likeness (QED) is 0.756. The summed E-state index contributed by atoms with van der Waals surface area (Å²) in [5, 5.41) is 3.56. The van der Waals surface area contributed by atoms with Crippen LogP contribution >= 0.6 is 23.2 Å². The van der Waals surface area contributed by atoms with Crippen molar-refractivity contribution in [1.29, 1.82) is 0 Å². The first-order valence-corrected chi connectivity index (χ1v) is 7.65. The average molecular weight is 336 g/mol. The number of nitrogens with one attached hydrogen (secondary N) is 1. The standard InChI is InChI=1S/C17H15Cl2NO2/c18-14-10-9-13(11-15(14)19)20-17(22)8-4-7-16(21)12-5-2-1-3-6-12/h1-3,5-6,9-11H,4,7-8H2,(H,20,22). The van der Waals surface area contributed by atoms with Crippen LogP contribution in [0.25, 0.3) is 0 Å². The number of rotatable bonds is 6. The highest BCUT2D eigenvalue weighted by atomic mass is 35.5. The molecule has 0 heterocycles. The van der Waals surface area contributed by atoms with Crippen LogP contribution in [0.1, 0.15) is 29.6 Å². The average Bonchev–Trinajstić information content (AvgIpc) is 2.51. The van der Waals surface area contributed by atoms with Crippen LogP contribution in [0.5, 0.6) is 0 Å². The van der Waals surface area contributed by atoms with Crippen LogP contribution in [0.3, 0.4) is 0 Å². The van der Waals surface area contributed by atoms with Crippen molar-refractivity contribution in [3.05, 3.63) is 64.1 Å². The number of amides is 1. The van der Waals surface area contributed by atoms with E-state index in [9.17, 15) is 9.59 Å². The molecule has 1 N–H and O–H groups in total. The molecule has 22 heavy (non-hydrogen) atoms. The van der Waals surface area contributed by atoms with Gasteiger partial charge in [0.1, 0.15) is 0 Å². The molecule has 2 rings (SSSR count). The van der Waals surface area contributed by atoms with Crippen LogP contribution in [0.4, 0.5) is 5.69 Å². The van der Waals surface area contributed by atoms with Gasteiger partial charge in [-0.2, -0.15) is 0 Å². The minimum atomic E-state index is -0.153. The minimum Gasteiger partial charge on any atom is -0.326 e. The molecule has 0 unspecified atom stereocenters. The molecule has 0 aromatic heterocycles. The molecule has 5 heteroatoms. The molecule has 114 valence electrons. The zero-order chi connectivity index (χ0) is 15.9. The number of hydrogen-bond donors (Lipinski definition) is 1. The molecule has 0 spiro atoms. The lowest BCUT2D eigenvalue weighted by Crippen LogP contribution is -2.12. The molecular weight excluding hydrogens is 321 g/mol. The van der Waals surface area contributed by atoms with E-state index in [0.717, 1.165) is 0 Å². The molecule has 0 bridgehead atoms. The van der Waals surface area contributed by atoms with Gasteiger partial charge in [-0.25, -0.2) is 0 Å². The molecule has 0 radical (unpaired) electrons. The lowest BCUT2D eigenvalue weighted by Gasteiger charge is -2.06. The Hall–Kier alpha value is -1.84. The first-order valence-electron chi connectivity index (χ1n) is 6.89. The van der Waals surface area contributed by atoms with E-state index in [1.807, 2.05) is 18.2 Å². The molecule has 2 aromatic rings. The maximum atomic E-state index is 11.9. The normalized spacial score (nSPS) is 10.3. The Kier molecular flexibility index (Phi) is 5.99. The number of carbonyl (C=O) groups excluding carboxylic acids is 2. The second kappa shape index (κ2) is 7.97. The van der Waals surface area contributed by atoms with Crippen LogP contribution in [0.2, 0.25) is 10.0 Å². The number of halogens is 2. The summed E-state index contributed by atoms with van der Waals surface area (Å²) in [7, 11) is 0. The molecule has 0 saturated carbocycles. The topological polar surface area (TPSA) is 46.2 Å². The number of Topliss-reactive ketones (excluding diaryl/α,β-unsaturated/α-hetero) is 1. The number of anilines is 1. The van der Waals surface area contributed by atoms with E-state index in [4.69, 9.17) is 23.2 Å². The monoisotopic (exact) mass is 335 g/mol. The molecule has 0 fully saturated rings. The van der Waals surface area contributed by atoms with Gasteiger partial charge in [0.15, 0.2) is 5.78 Å². The van der Waals surface area contributed by atoms with E-state index in [-0.39, 0.29) is 18.1 Å². The highest BCUT2D eigenvalue weighted by Gasteiger charge is 2.08. The highest BCUT2D eigenvalue weighted by Crippen LogP contribution is 2.25. The smallest absolute Gasteiger partial charge is 0.224 e. The maximum Gasteiger partial charge on any atom is 0.224 e. The number of hydrogen-bond acceptors (Lipinski definition) is 2. The van der Waals surface area contributed by atoms with Gasteiger partial charge < -0.3 is 5.32 Å². The van der Waals surface area contributed by atoms with Gasteiger partial charge in [-0.05, 0) is 24.6 Å². The third-order valence-electron chi connectivity index (χ3n) is 3.11. The van der Waals surface area contributed by atoms with Crippen molar-refractivity contribution >= 4 is 40.6 Å². The van der Waals surface area contributed by atoms with Gasteiger partial charge in [0.25, 0.3) is 0 Å². The zero-order valence-corrected chi connectivity index (χ0v) is 13.3. The van der Waals surface area contributed by atoms with E-state index in [1.165, 1.54) is 0 Å². The fourth-order valence-electron chi connectivity index (χ4n) is 1.98. The fraction of sp³-hybridized carbons (Fsp3) is 0.176. The summed E-state index contributed by atoms with van der Waals surface area (Å²) in [6.07, 6.45) is 1.12. The van der Waals surface area contributed by atoms with E-state index in [1.54, 1.807) is 30.3 Å². The molecule has 0 aliphatic carbocycles. The Bertz CT molecular complexity index is 672. The minimum absolute atomic E-state index is 0.0444. The van der Waals surface area contributed by atoms with Crippen molar-refractivity contribution < 1.29 is 9.59 Å². The summed E-state index contributed by atoms with van der Waals surface area (Å²) >= 11 is 11.7. The predicted molar refractivity (Wildman–Crippen MR) is 89.7 cm³/mol. The van der Waals surface area contributed by atoms with Crippen LogP contribution in [0.15, 0.2) is 48.5 Å². The zero-order valence-electron chi connectivity index (χ0n) is 11.8.